The van der Waals surface area contributed by atoms with Crippen molar-refractivity contribution in [1.82, 2.24) is 15.2 Å². The van der Waals surface area contributed by atoms with Gasteiger partial charge in [0.15, 0.2) is 5.82 Å². The molecule has 0 fully saturated rings. The largest absolute Gasteiger partial charge is 0.280 e. The molecule has 0 spiro atoms. The molecule has 2 N–H and O–H groups in total. The molecule has 0 aliphatic heterocycles. The van der Waals surface area contributed by atoms with Crippen LogP contribution in [0.2, 0.25) is 0 Å². The summed E-state index contributed by atoms with van der Waals surface area (Å²) in [7, 11) is -3.61. The summed E-state index contributed by atoms with van der Waals surface area (Å²) in [6.45, 7) is 2.04. The first kappa shape index (κ1) is 12.6. The summed E-state index contributed by atoms with van der Waals surface area (Å²) >= 11 is 0. The molecule has 2 heterocycles. The quantitative estimate of drug-likeness (QED) is 0.859. The number of hydrogen-bond acceptors (Lipinski definition) is 4. The van der Waals surface area contributed by atoms with Crippen LogP contribution in [0.25, 0.3) is 0 Å². The molecule has 2 rings (SSSR count). The van der Waals surface area contributed by atoms with Crippen LogP contribution in [0.3, 0.4) is 0 Å². The van der Waals surface area contributed by atoms with E-state index in [1.54, 1.807) is 12.1 Å². The minimum absolute atomic E-state index is 0.116. The maximum absolute atomic E-state index is 12.0. The van der Waals surface area contributed by atoms with Crippen molar-refractivity contribution >= 4 is 15.8 Å². The standard InChI is InChI=1S/C11H14N4O2S/c1-2-4-9-7-11(14-13-9)15-18(16,17)10-5-3-6-12-8-10/h3,5-8H,2,4H2,1H3,(H2,13,14,15). The molecule has 96 valence electrons. The van der Waals surface area contributed by atoms with Crippen molar-refractivity contribution in [2.45, 2.75) is 24.7 Å². The van der Waals surface area contributed by atoms with E-state index in [2.05, 4.69) is 19.9 Å². The maximum atomic E-state index is 12.0. The number of sulfonamides is 1. The Labute approximate surface area is 106 Å². The van der Waals surface area contributed by atoms with E-state index in [4.69, 9.17) is 0 Å². The highest BCUT2D eigenvalue weighted by Crippen LogP contribution is 2.14. The topological polar surface area (TPSA) is 87.7 Å². The van der Waals surface area contributed by atoms with E-state index in [1.807, 2.05) is 6.92 Å². The third kappa shape index (κ3) is 2.86. The Hall–Kier alpha value is -1.89. The summed E-state index contributed by atoms with van der Waals surface area (Å²) in [5.74, 6) is 0.294. The number of hydrogen-bond donors (Lipinski definition) is 2. The fourth-order valence-electron chi connectivity index (χ4n) is 1.51. The van der Waals surface area contributed by atoms with Gasteiger partial charge < -0.3 is 0 Å². The second-order valence-corrected chi connectivity index (χ2v) is 5.51. The number of aromatic amines is 1. The second-order valence-electron chi connectivity index (χ2n) is 3.82. The fourth-order valence-corrected chi connectivity index (χ4v) is 2.47. The van der Waals surface area contributed by atoms with Gasteiger partial charge in [-0.05, 0) is 18.6 Å². The summed E-state index contributed by atoms with van der Waals surface area (Å²) in [6.07, 6.45) is 4.62. The average Bonchev–Trinajstić information content (AvgIpc) is 2.77. The molecule has 0 radical (unpaired) electrons. The summed E-state index contributed by atoms with van der Waals surface area (Å²) in [6, 6.07) is 4.74. The molecule has 0 aliphatic rings. The highest BCUT2D eigenvalue weighted by molar-refractivity contribution is 7.92. The molecule has 2 aromatic rings. The van der Waals surface area contributed by atoms with Crippen LogP contribution in [0.15, 0.2) is 35.5 Å². The lowest BCUT2D eigenvalue weighted by atomic mass is 10.2. The molecule has 2 aromatic heterocycles. The lowest BCUT2D eigenvalue weighted by Crippen LogP contribution is -2.13. The smallest absolute Gasteiger partial charge is 0.264 e. The molecule has 0 aliphatic carbocycles. The van der Waals surface area contributed by atoms with Crippen LogP contribution in [-0.4, -0.2) is 23.6 Å². The minimum atomic E-state index is -3.61. The number of aromatic nitrogens is 3. The summed E-state index contributed by atoms with van der Waals surface area (Å²) in [5, 5.41) is 6.70. The van der Waals surface area contributed by atoms with Crippen molar-refractivity contribution in [3.63, 3.8) is 0 Å². The number of rotatable bonds is 5. The molecule has 0 saturated heterocycles. The highest BCUT2D eigenvalue weighted by atomic mass is 32.2. The third-order valence-electron chi connectivity index (χ3n) is 2.33. The molecule has 6 nitrogen and oxygen atoms in total. The monoisotopic (exact) mass is 266 g/mol. The lowest BCUT2D eigenvalue weighted by molar-refractivity contribution is 0.600. The molecule has 0 saturated carbocycles. The van der Waals surface area contributed by atoms with E-state index < -0.39 is 10.0 Å². The Bertz CT molecular complexity index is 607. The van der Waals surface area contributed by atoms with Gasteiger partial charge in [-0.15, -0.1) is 0 Å². The number of nitrogens with zero attached hydrogens (tertiary/aromatic N) is 2. The van der Waals surface area contributed by atoms with Crippen LogP contribution >= 0.6 is 0 Å². The zero-order valence-electron chi connectivity index (χ0n) is 9.92. The summed E-state index contributed by atoms with van der Waals surface area (Å²) in [4.78, 5) is 3.90. The van der Waals surface area contributed by atoms with Gasteiger partial charge in [0.25, 0.3) is 10.0 Å². The van der Waals surface area contributed by atoms with Crippen molar-refractivity contribution < 1.29 is 8.42 Å². The van der Waals surface area contributed by atoms with Gasteiger partial charge >= 0.3 is 0 Å². The van der Waals surface area contributed by atoms with Crippen molar-refractivity contribution in [3.8, 4) is 0 Å². The van der Waals surface area contributed by atoms with Gasteiger partial charge in [-0.2, -0.15) is 5.10 Å². The molecular formula is C11H14N4O2S. The number of anilines is 1. The van der Waals surface area contributed by atoms with Crippen LogP contribution in [0.5, 0.6) is 0 Å². The zero-order chi connectivity index (χ0) is 13.0. The number of H-pyrrole nitrogens is 1. The van der Waals surface area contributed by atoms with Gasteiger partial charge in [0.05, 0.1) is 0 Å². The van der Waals surface area contributed by atoms with Crippen LogP contribution in [-0.2, 0) is 16.4 Å². The predicted octanol–water partition coefficient (Wildman–Crippen LogP) is 1.56. The third-order valence-corrected chi connectivity index (χ3v) is 3.67. The molecular weight excluding hydrogens is 252 g/mol. The second kappa shape index (κ2) is 5.18. The number of aryl methyl sites for hydroxylation is 1. The van der Waals surface area contributed by atoms with Gasteiger partial charge in [-0.25, -0.2) is 8.42 Å². The van der Waals surface area contributed by atoms with E-state index in [0.717, 1.165) is 18.5 Å². The minimum Gasteiger partial charge on any atom is -0.280 e. The van der Waals surface area contributed by atoms with Crippen molar-refractivity contribution in [2.75, 3.05) is 4.72 Å². The van der Waals surface area contributed by atoms with Gasteiger partial charge in [-0.3, -0.25) is 14.8 Å². The fraction of sp³-hybridized carbons (Fsp3) is 0.273. The van der Waals surface area contributed by atoms with E-state index in [9.17, 15) is 8.42 Å². The van der Waals surface area contributed by atoms with E-state index >= 15 is 0 Å². The van der Waals surface area contributed by atoms with E-state index in [-0.39, 0.29) is 4.90 Å². The maximum Gasteiger partial charge on any atom is 0.264 e. The van der Waals surface area contributed by atoms with Gasteiger partial charge in [0, 0.05) is 24.2 Å². The van der Waals surface area contributed by atoms with Gasteiger partial charge in [0.1, 0.15) is 4.90 Å². The van der Waals surface area contributed by atoms with Crippen LogP contribution in [0.4, 0.5) is 5.82 Å². The summed E-state index contributed by atoms with van der Waals surface area (Å²) < 4.78 is 26.3. The normalized spacial score (nSPS) is 11.4. The highest BCUT2D eigenvalue weighted by Gasteiger charge is 2.15. The van der Waals surface area contributed by atoms with Gasteiger partial charge in [0.2, 0.25) is 0 Å². The first-order valence-electron chi connectivity index (χ1n) is 5.59. The Kier molecular flexibility index (Phi) is 3.61. The predicted molar refractivity (Wildman–Crippen MR) is 67.6 cm³/mol. The molecule has 0 amide bonds. The van der Waals surface area contributed by atoms with E-state index in [0.29, 0.717) is 5.82 Å². The first-order valence-corrected chi connectivity index (χ1v) is 7.07. The van der Waals surface area contributed by atoms with Crippen LogP contribution in [0, 0.1) is 0 Å². The average molecular weight is 266 g/mol. The Morgan fingerprint density at radius 2 is 2.28 bits per heavy atom. The molecule has 18 heavy (non-hydrogen) atoms. The molecule has 0 unspecified atom stereocenters. The number of nitrogens with one attached hydrogen (secondary N) is 2. The first-order chi connectivity index (χ1) is 8.62. The zero-order valence-corrected chi connectivity index (χ0v) is 10.7. The molecule has 0 aromatic carbocycles. The van der Waals surface area contributed by atoms with Crippen LogP contribution in [0.1, 0.15) is 19.0 Å². The molecule has 7 heteroatoms. The Morgan fingerprint density at radius 3 is 2.94 bits per heavy atom. The Morgan fingerprint density at radius 1 is 1.44 bits per heavy atom. The SMILES string of the molecule is CCCc1cc(NS(=O)(=O)c2cccnc2)n[nH]1. The number of pyridine rings is 1. The van der Waals surface area contributed by atoms with Crippen molar-refractivity contribution in [3.05, 3.63) is 36.3 Å². The molecule has 0 bridgehead atoms. The van der Waals surface area contributed by atoms with Crippen LogP contribution < -0.4 is 4.72 Å². The van der Waals surface area contributed by atoms with Crippen molar-refractivity contribution in [2.24, 2.45) is 0 Å². The van der Waals surface area contributed by atoms with Gasteiger partial charge in [-0.1, -0.05) is 13.3 Å². The van der Waals surface area contributed by atoms with Crippen molar-refractivity contribution in [1.29, 1.82) is 0 Å². The lowest BCUT2D eigenvalue weighted by Gasteiger charge is -2.03. The summed E-state index contributed by atoms with van der Waals surface area (Å²) in [5.41, 5.74) is 0.904. The molecule has 0 atom stereocenters. The Balaban J connectivity index is 2.17. The van der Waals surface area contributed by atoms with E-state index in [1.165, 1.54) is 18.5 Å².